The Balaban J connectivity index is 1.69. The van der Waals surface area contributed by atoms with Crippen LogP contribution in [0.5, 0.6) is 5.75 Å². The maximum atomic E-state index is 12.5. The van der Waals surface area contributed by atoms with Gasteiger partial charge in [0, 0.05) is 30.7 Å². The zero-order valence-electron chi connectivity index (χ0n) is 16.3. The number of nitrogens with zero attached hydrogens (tertiary/aromatic N) is 2. The predicted octanol–water partition coefficient (Wildman–Crippen LogP) is 3.75. The number of methoxy groups -OCH3 is 1. The minimum Gasteiger partial charge on any atom is -0.495 e. The second kappa shape index (κ2) is 8.83. The third-order valence-corrected chi connectivity index (χ3v) is 3.96. The average Bonchev–Trinajstić information content (AvgIpc) is 2.68. The first-order chi connectivity index (χ1) is 13.9. The largest absolute Gasteiger partial charge is 0.495 e. The lowest BCUT2D eigenvalue weighted by Gasteiger charge is -2.11. The van der Waals surface area contributed by atoms with E-state index in [1.807, 2.05) is 25.1 Å². The fraction of sp³-hybridized carbons (Fsp3) is 0.143. The molecule has 0 spiro atoms. The topological polar surface area (TPSA) is 105 Å². The average molecular weight is 391 g/mol. The molecule has 0 radical (unpaired) electrons. The Bertz CT molecular complexity index is 1030. The van der Waals surface area contributed by atoms with E-state index in [4.69, 9.17) is 4.74 Å². The molecule has 0 aliphatic heterocycles. The van der Waals surface area contributed by atoms with Gasteiger partial charge in [-0.2, -0.15) is 0 Å². The van der Waals surface area contributed by atoms with Crippen molar-refractivity contribution in [2.45, 2.75) is 13.8 Å². The van der Waals surface area contributed by atoms with Crippen LogP contribution in [0.2, 0.25) is 0 Å². The highest BCUT2D eigenvalue weighted by molar-refractivity contribution is 6.04. The summed E-state index contributed by atoms with van der Waals surface area (Å²) in [7, 11) is 1.55. The fourth-order valence-corrected chi connectivity index (χ4v) is 2.63. The molecule has 0 saturated carbocycles. The number of aromatic nitrogens is 2. The van der Waals surface area contributed by atoms with Crippen molar-refractivity contribution in [2.24, 2.45) is 0 Å². The summed E-state index contributed by atoms with van der Waals surface area (Å²) in [5.41, 5.74) is 3.25. The molecule has 148 valence electrons. The van der Waals surface area contributed by atoms with E-state index in [-0.39, 0.29) is 11.8 Å². The second-order valence-corrected chi connectivity index (χ2v) is 6.34. The van der Waals surface area contributed by atoms with E-state index >= 15 is 0 Å². The molecule has 0 aliphatic carbocycles. The zero-order valence-corrected chi connectivity index (χ0v) is 16.3. The molecular formula is C21H21N5O3. The van der Waals surface area contributed by atoms with Crippen LogP contribution in [0.3, 0.4) is 0 Å². The lowest BCUT2D eigenvalue weighted by Crippen LogP contribution is -2.14. The first-order valence-electron chi connectivity index (χ1n) is 8.87. The van der Waals surface area contributed by atoms with Gasteiger partial charge in [-0.05, 0) is 42.8 Å². The lowest BCUT2D eigenvalue weighted by molar-refractivity contribution is -0.114. The number of carbonyl (C=O) groups excluding carboxylic acids is 2. The molecule has 0 fully saturated rings. The van der Waals surface area contributed by atoms with E-state index in [1.165, 1.54) is 19.3 Å². The fourth-order valence-electron chi connectivity index (χ4n) is 2.63. The molecular weight excluding hydrogens is 370 g/mol. The molecule has 3 N–H and O–H groups in total. The number of amides is 2. The monoisotopic (exact) mass is 391 g/mol. The molecule has 2 amide bonds. The molecule has 29 heavy (non-hydrogen) atoms. The van der Waals surface area contributed by atoms with Gasteiger partial charge in [-0.3, -0.25) is 9.59 Å². The highest BCUT2D eigenvalue weighted by Crippen LogP contribution is 2.25. The number of benzene rings is 2. The van der Waals surface area contributed by atoms with Crippen molar-refractivity contribution >= 4 is 34.8 Å². The van der Waals surface area contributed by atoms with Crippen LogP contribution in [-0.2, 0) is 4.79 Å². The lowest BCUT2D eigenvalue weighted by atomic mass is 10.2. The van der Waals surface area contributed by atoms with E-state index in [9.17, 15) is 9.59 Å². The Morgan fingerprint density at radius 1 is 0.966 bits per heavy atom. The number of carbonyl (C=O) groups is 2. The van der Waals surface area contributed by atoms with Crippen LogP contribution in [0.25, 0.3) is 0 Å². The van der Waals surface area contributed by atoms with E-state index < -0.39 is 0 Å². The Morgan fingerprint density at radius 2 is 1.69 bits per heavy atom. The van der Waals surface area contributed by atoms with Crippen molar-refractivity contribution < 1.29 is 14.3 Å². The zero-order chi connectivity index (χ0) is 20.8. The van der Waals surface area contributed by atoms with Crippen molar-refractivity contribution in [3.05, 3.63) is 66.0 Å². The van der Waals surface area contributed by atoms with Gasteiger partial charge in [-0.25, -0.2) is 9.97 Å². The summed E-state index contributed by atoms with van der Waals surface area (Å²) >= 11 is 0. The van der Waals surface area contributed by atoms with Crippen molar-refractivity contribution in [1.82, 2.24) is 9.97 Å². The molecule has 0 unspecified atom stereocenters. The van der Waals surface area contributed by atoms with Gasteiger partial charge in [0.05, 0.1) is 18.4 Å². The summed E-state index contributed by atoms with van der Waals surface area (Å²) in [5.74, 6) is 0.406. The summed E-state index contributed by atoms with van der Waals surface area (Å²) in [4.78, 5) is 32.0. The molecule has 8 heteroatoms. The summed E-state index contributed by atoms with van der Waals surface area (Å²) in [6.45, 7) is 3.37. The van der Waals surface area contributed by atoms with E-state index in [0.29, 0.717) is 34.3 Å². The highest BCUT2D eigenvalue weighted by Gasteiger charge is 2.11. The van der Waals surface area contributed by atoms with E-state index in [0.717, 1.165) is 5.56 Å². The third-order valence-electron chi connectivity index (χ3n) is 3.96. The highest BCUT2D eigenvalue weighted by atomic mass is 16.5. The van der Waals surface area contributed by atoms with Gasteiger partial charge in [-0.1, -0.05) is 12.1 Å². The Labute approximate surface area is 168 Å². The summed E-state index contributed by atoms with van der Waals surface area (Å²) < 4.78 is 5.27. The van der Waals surface area contributed by atoms with Crippen LogP contribution < -0.4 is 20.7 Å². The van der Waals surface area contributed by atoms with Gasteiger partial charge in [0.25, 0.3) is 5.91 Å². The van der Waals surface area contributed by atoms with Crippen LogP contribution >= 0.6 is 0 Å². The Hall–Kier alpha value is -3.94. The minimum absolute atomic E-state index is 0.154. The van der Waals surface area contributed by atoms with E-state index in [1.54, 1.807) is 31.4 Å². The third kappa shape index (κ3) is 5.29. The molecule has 0 bridgehead atoms. The van der Waals surface area contributed by atoms with Crippen LogP contribution in [0, 0.1) is 6.92 Å². The van der Waals surface area contributed by atoms with Gasteiger partial charge in [-0.15, -0.1) is 0 Å². The van der Waals surface area contributed by atoms with Crippen molar-refractivity contribution in [2.75, 3.05) is 23.1 Å². The van der Waals surface area contributed by atoms with Crippen molar-refractivity contribution in [1.29, 1.82) is 0 Å². The van der Waals surface area contributed by atoms with Crippen molar-refractivity contribution in [3.8, 4) is 5.75 Å². The Morgan fingerprint density at radius 3 is 2.38 bits per heavy atom. The number of anilines is 4. The molecule has 3 aromatic rings. The van der Waals surface area contributed by atoms with Crippen LogP contribution in [0.15, 0.2) is 54.9 Å². The maximum absolute atomic E-state index is 12.5. The first kappa shape index (κ1) is 19.8. The summed E-state index contributed by atoms with van der Waals surface area (Å²) in [6, 6.07) is 12.7. The quantitative estimate of drug-likeness (QED) is 0.591. The molecule has 2 aromatic carbocycles. The Kier molecular flexibility index (Phi) is 6.03. The van der Waals surface area contributed by atoms with E-state index in [2.05, 4.69) is 25.9 Å². The maximum Gasteiger partial charge on any atom is 0.258 e. The van der Waals surface area contributed by atoms with Gasteiger partial charge in [0.15, 0.2) is 0 Å². The van der Waals surface area contributed by atoms with Gasteiger partial charge >= 0.3 is 0 Å². The number of aryl methyl sites for hydroxylation is 1. The molecule has 0 saturated heterocycles. The smallest absolute Gasteiger partial charge is 0.258 e. The number of nitrogens with one attached hydrogen (secondary N) is 3. The molecule has 1 aromatic heterocycles. The van der Waals surface area contributed by atoms with Crippen LogP contribution in [0.1, 0.15) is 22.8 Å². The molecule has 1 heterocycles. The van der Waals surface area contributed by atoms with Gasteiger partial charge in [0.2, 0.25) is 11.9 Å². The van der Waals surface area contributed by atoms with Crippen molar-refractivity contribution in [3.63, 3.8) is 0 Å². The second-order valence-electron chi connectivity index (χ2n) is 6.34. The predicted molar refractivity (Wildman–Crippen MR) is 112 cm³/mol. The summed E-state index contributed by atoms with van der Waals surface area (Å²) in [5, 5.41) is 8.55. The standard InChI is InChI=1S/C21H21N5O3/c1-13-7-8-19(29-3)18(9-13)26-20(28)15-11-22-21(23-12-15)25-17-6-4-5-16(10-17)24-14(2)27/h4-12H,1-3H3,(H,24,27)(H,26,28)(H,22,23,25). The number of rotatable bonds is 6. The molecule has 0 aliphatic rings. The SMILES string of the molecule is COc1ccc(C)cc1NC(=O)c1cnc(Nc2cccc(NC(C)=O)c2)nc1. The van der Waals surface area contributed by atoms with Gasteiger partial charge in [0.1, 0.15) is 5.75 Å². The first-order valence-corrected chi connectivity index (χ1v) is 8.87. The van der Waals surface area contributed by atoms with Crippen LogP contribution in [-0.4, -0.2) is 28.9 Å². The number of hydrogen-bond donors (Lipinski definition) is 3. The van der Waals surface area contributed by atoms with Crippen LogP contribution in [0.4, 0.5) is 23.0 Å². The molecule has 3 rings (SSSR count). The normalized spacial score (nSPS) is 10.2. The molecule has 8 nitrogen and oxygen atoms in total. The minimum atomic E-state index is -0.340. The number of hydrogen-bond acceptors (Lipinski definition) is 6. The number of ether oxygens (including phenoxy) is 1. The summed E-state index contributed by atoms with van der Waals surface area (Å²) in [6.07, 6.45) is 2.87. The van der Waals surface area contributed by atoms with Gasteiger partial charge < -0.3 is 20.7 Å². The molecule has 0 atom stereocenters.